The number of aliphatic imine (C=N–C) groups is 1. The summed E-state index contributed by atoms with van der Waals surface area (Å²) >= 11 is 1.92. The van der Waals surface area contributed by atoms with Crippen molar-refractivity contribution in [2.45, 2.75) is 32.2 Å². The Morgan fingerprint density at radius 2 is 1.82 bits per heavy atom. The van der Waals surface area contributed by atoms with Crippen LogP contribution >= 0.6 is 36.2 Å². The van der Waals surface area contributed by atoms with Crippen molar-refractivity contribution in [3.05, 3.63) is 81.0 Å². The van der Waals surface area contributed by atoms with Gasteiger partial charge in [0.25, 0.3) is 0 Å². The number of likely N-dealkylation sites (N-methyl/N-ethyl adjacent to an activating group) is 1. The van der Waals surface area contributed by atoms with Crippen LogP contribution in [0.2, 0.25) is 0 Å². The number of nitrogens with zero attached hydrogens (tertiary/aromatic N) is 3. The molecule has 0 unspecified atom stereocenters. The average Bonchev–Trinajstić information content (AvgIpc) is 3.10. The second-order valence-corrected chi connectivity index (χ2v) is 10.2. The van der Waals surface area contributed by atoms with Crippen LogP contribution in [0.15, 0.2) is 59.6 Å². The Balaban J connectivity index is 0.00000162. The van der Waals surface area contributed by atoms with Crippen LogP contribution in [0.5, 0.6) is 5.75 Å². The van der Waals surface area contributed by atoms with Gasteiger partial charge in [0.2, 0.25) is 0 Å². The highest BCUT2D eigenvalue weighted by molar-refractivity contribution is 7.12. The summed E-state index contributed by atoms with van der Waals surface area (Å²) in [6, 6.07) is 20.0. The molecule has 7 heteroatoms. The smallest absolute Gasteiger partial charge is 0.137 e. The van der Waals surface area contributed by atoms with E-state index < -0.39 is 0 Å². The first-order chi connectivity index (χ1) is 15.6. The maximum atomic E-state index is 5.30. The molecule has 0 aliphatic carbocycles. The van der Waals surface area contributed by atoms with E-state index in [-0.39, 0.29) is 24.8 Å². The van der Waals surface area contributed by atoms with Crippen molar-refractivity contribution < 1.29 is 4.74 Å². The Kier molecular flexibility index (Phi) is 9.05. The molecule has 3 aromatic rings. The van der Waals surface area contributed by atoms with E-state index in [1.807, 2.05) is 11.3 Å². The van der Waals surface area contributed by atoms with E-state index in [1.54, 1.807) is 7.11 Å². The van der Waals surface area contributed by atoms with E-state index in [2.05, 4.69) is 78.4 Å². The number of hydrogen-bond acceptors (Lipinski definition) is 5. The molecule has 0 saturated carbocycles. The number of hydrogen-bond donors (Lipinski definition) is 0. The number of fused-ring (bicyclic) bond motifs is 2. The molecule has 1 atom stereocenters. The highest BCUT2D eigenvalue weighted by Crippen LogP contribution is 2.34. The van der Waals surface area contributed by atoms with Gasteiger partial charge in [0.15, 0.2) is 0 Å². The largest absolute Gasteiger partial charge is 0.497 e. The number of halogens is 2. The van der Waals surface area contributed by atoms with Crippen LogP contribution in [-0.4, -0.2) is 55.5 Å². The number of aryl methyl sites for hydroxylation is 2. The highest BCUT2D eigenvalue weighted by Gasteiger charge is 2.29. The lowest BCUT2D eigenvalue weighted by Gasteiger charge is -2.41. The number of benzene rings is 2. The van der Waals surface area contributed by atoms with Crippen LogP contribution in [0.3, 0.4) is 0 Å². The maximum absolute atomic E-state index is 5.30. The number of ether oxygens (including phenoxy) is 1. The molecule has 3 heterocycles. The first kappa shape index (κ1) is 26.6. The summed E-state index contributed by atoms with van der Waals surface area (Å²) in [5.41, 5.74) is 5.16. The predicted molar refractivity (Wildman–Crippen MR) is 148 cm³/mol. The fraction of sp³-hybridized carbons (Fsp3) is 0.370. The first-order valence-electron chi connectivity index (χ1n) is 11.4. The van der Waals surface area contributed by atoms with Crippen molar-refractivity contribution >= 4 is 47.7 Å². The number of amidine groups is 1. The van der Waals surface area contributed by atoms with Crippen molar-refractivity contribution in [1.29, 1.82) is 0 Å². The molecule has 2 aliphatic rings. The van der Waals surface area contributed by atoms with Crippen LogP contribution in [0.1, 0.15) is 32.9 Å². The summed E-state index contributed by atoms with van der Waals surface area (Å²) < 4.78 is 5.30. The second kappa shape index (κ2) is 11.6. The van der Waals surface area contributed by atoms with Crippen LogP contribution in [0, 0.1) is 6.92 Å². The molecule has 0 N–H and O–H groups in total. The van der Waals surface area contributed by atoms with Gasteiger partial charge in [0, 0.05) is 47.4 Å². The molecule has 2 aliphatic heterocycles. The van der Waals surface area contributed by atoms with E-state index >= 15 is 0 Å². The number of thiophene rings is 1. The predicted octanol–water partition coefficient (Wildman–Crippen LogP) is 6.14. The van der Waals surface area contributed by atoms with E-state index in [0.29, 0.717) is 6.04 Å². The highest BCUT2D eigenvalue weighted by atomic mass is 35.5. The standard InChI is InChI=1S/C27H31N3OS.2ClH/c1-19-16-24-26(32-19)17-21-6-4-5-7-25(21)28-27(24)30-15-14-29(2)22(18-30)11-8-20-9-12-23(31-3)13-10-20;;/h4-7,9-10,12-13,16,22H,8,11,14-15,17-18H2,1-3H3;2*1H/t22-;;/m0../s1. The van der Waals surface area contributed by atoms with Gasteiger partial charge in [-0.15, -0.1) is 36.2 Å². The van der Waals surface area contributed by atoms with Crippen LogP contribution in [0.25, 0.3) is 0 Å². The molecule has 1 aromatic heterocycles. The van der Waals surface area contributed by atoms with Crippen molar-refractivity contribution in [1.82, 2.24) is 9.80 Å². The monoisotopic (exact) mass is 517 g/mol. The molecule has 4 nitrogen and oxygen atoms in total. The number of methoxy groups -OCH3 is 1. The van der Waals surface area contributed by atoms with Gasteiger partial charge in [-0.3, -0.25) is 4.90 Å². The molecular weight excluding hydrogens is 485 g/mol. The summed E-state index contributed by atoms with van der Waals surface area (Å²) in [6.45, 7) is 5.31. The van der Waals surface area contributed by atoms with Gasteiger partial charge in [-0.2, -0.15) is 0 Å². The van der Waals surface area contributed by atoms with Crippen molar-refractivity contribution in [3.63, 3.8) is 0 Å². The Labute approximate surface area is 219 Å². The van der Waals surface area contributed by atoms with E-state index in [0.717, 1.165) is 56.2 Å². The molecule has 0 bridgehead atoms. The van der Waals surface area contributed by atoms with Gasteiger partial charge in [-0.1, -0.05) is 30.3 Å². The van der Waals surface area contributed by atoms with E-state index in [4.69, 9.17) is 9.73 Å². The van der Waals surface area contributed by atoms with Crippen molar-refractivity contribution in [3.8, 4) is 5.75 Å². The minimum atomic E-state index is 0. The Bertz CT molecular complexity index is 1130. The third kappa shape index (κ3) is 5.60. The summed E-state index contributed by atoms with van der Waals surface area (Å²) in [5.74, 6) is 2.08. The van der Waals surface area contributed by atoms with Gasteiger partial charge in [0.1, 0.15) is 11.6 Å². The van der Waals surface area contributed by atoms with Crippen LogP contribution in [0.4, 0.5) is 5.69 Å². The van der Waals surface area contributed by atoms with Crippen molar-refractivity contribution in [2.24, 2.45) is 4.99 Å². The lowest BCUT2D eigenvalue weighted by molar-refractivity contribution is 0.134. The topological polar surface area (TPSA) is 28.1 Å². The van der Waals surface area contributed by atoms with Gasteiger partial charge in [0.05, 0.1) is 12.8 Å². The molecular formula is C27H33Cl2N3OS. The van der Waals surface area contributed by atoms with Crippen molar-refractivity contribution in [2.75, 3.05) is 33.8 Å². The quantitative estimate of drug-likeness (QED) is 0.415. The van der Waals surface area contributed by atoms with Gasteiger partial charge in [-0.05, 0) is 62.2 Å². The molecule has 2 aromatic carbocycles. The van der Waals surface area contributed by atoms with Gasteiger partial charge >= 0.3 is 0 Å². The lowest BCUT2D eigenvalue weighted by atomic mass is 10.0. The molecule has 0 amide bonds. The Morgan fingerprint density at radius 3 is 2.59 bits per heavy atom. The van der Waals surface area contributed by atoms with Crippen LogP contribution in [-0.2, 0) is 12.8 Å². The fourth-order valence-electron chi connectivity index (χ4n) is 4.82. The lowest BCUT2D eigenvalue weighted by Crippen LogP contribution is -2.53. The minimum Gasteiger partial charge on any atom is -0.497 e. The summed E-state index contributed by atoms with van der Waals surface area (Å²) in [4.78, 5) is 13.1. The third-order valence-corrected chi connectivity index (χ3v) is 7.79. The zero-order valence-electron chi connectivity index (χ0n) is 20.0. The summed E-state index contributed by atoms with van der Waals surface area (Å²) in [6.07, 6.45) is 3.19. The molecule has 1 saturated heterocycles. The van der Waals surface area contributed by atoms with Gasteiger partial charge in [-0.25, -0.2) is 4.99 Å². The number of piperazine rings is 1. The zero-order valence-corrected chi connectivity index (χ0v) is 22.4. The normalized spacial score (nSPS) is 17.4. The van der Waals surface area contributed by atoms with E-state index in [1.165, 1.54) is 26.4 Å². The second-order valence-electron chi connectivity index (χ2n) is 8.90. The van der Waals surface area contributed by atoms with E-state index in [9.17, 15) is 0 Å². The Morgan fingerprint density at radius 1 is 1.06 bits per heavy atom. The summed E-state index contributed by atoms with van der Waals surface area (Å²) in [7, 11) is 3.98. The third-order valence-electron chi connectivity index (χ3n) is 6.74. The fourth-order valence-corrected chi connectivity index (χ4v) is 5.87. The van der Waals surface area contributed by atoms with Crippen LogP contribution < -0.4 is 4.74 Å². The molecule has 34 heavy (non-hydrogen) atoms. The molecule has 182 valence electrons. The number of rotatable bonds is 4. The molecule has 5 rings (SSSR count). The molecule has 1 fully saturated rings. The Hall–Kier alpha value is -2.05. The zero-order chi connectivity index (χ0) is 22.1. The minimum absolute atomic E-state index is 0. The molecule has 0 spiro atoms. The number of para-hydroxylation sites is 1. The molecule has 0 radical (unpaired) electrons. The average molecular weight is 519 g/mol. The van der Waals surface area contributed by atoms with Gasteiger partial charge < -0.3 is 9.64 Å². The maximum Gasteiger partial charge on any atom is 0.137 e. The SMILES string of the molecule is COc1ccc(CC[C@H]2CN(C3=Nc4ccccc4Cc4sc(C)cc43)CCN2C)cc1.Cl.Cl. The summed E-state index contributed by atoms with van der Waals surface area (Å²) in [5, 5.41) is 0. The first-order valence-corrected chi connectivity index (χ1v) is 12.3.